The molecule has 5 heteroatoms. The highest BCUT2D eigenvalue weighted by molar-refractivity contribution is 7.13. The molecule has 0 radical (unpaired) electrons. The summed E-state index contributed by atoms with van der Waals surface area (Å²) in [5.41, 5.74) is 0. The summed E-state index contributed by atoms with van der Waals surface area (Å²) in [6, 6.07) is 4.97. The van der Waals surface area contributed by atoms with Crippen molar-refractivity contribution < 1.29 is 13.5 Å². The maximum atomic E-state index is 11.9. The normalized spacial score (nSPS) is 11.0. The highest BCUT2D eigenvalue weighted by Crippen LogP contribution is 2.29. The smallest absolute Gasteiger partial charge is 0.387 e. The minimum Gasteiger partial charge on any atom is -0.433 e. The van der Waals surface area contributed by atoms with Crippen LogP contribution in [0.4, 0.5) is 8.78 Å². The lowest BCUT2D eigenvalue weighted by Gasteiger charge is -2.03. The van der Waals surface area contributed by atoms with Crippen LogP contribution in [0.3, 0.4) is 0 Å². The van der Waals surface area contributed by atoms with Gasteiger partial charge >= 0.3 is 6.61 Å². The van der Waals surface area contributed by atoms with Crippen LogP contribution in [0, 0.1) is 0 Å². The van der Waals surface area contributed by atoms with Crippen molar-refractivity contribution in [2.75, 3.05) is 0 Å². The summed E-state index contributed by atoms with van der Waals surface area (Å²) in [6.07, 6.45) is 1.62. The highest BCUT2D eigenvalue weighted by Gasteiger charge is 2.08. The van der Waals surface area contributed by atoms with Gasteiger partial charge in [-0.15, -0.1) is 0 Å². The van der Waals surface area contributed by atoms with Crippen molar-refractivity contribution >= 4 is 21.6 Å². The number of halogens is 2. The number of hydrogen-bond acceptors (Lipinski definition) is 3. The van der Waals surface area contributed by atoms with Gasteiger partial charge in [0.15, 0.2) is 0 Å². The highest BCUT2D eigenvalue weighted by atomic mass is 32.1. The standard InChI is InChI=1S/C8H5F2NOS/c9-8(10)12-6-3-1-2-5-4-11-13-7(5)6/h1-4,8H. The zero-order valence-electron chi connectivity index (χ0n) is 6.41. The first-order valence-electron chi connectivity index (χ1n) is 3.55. The van der Waals surface area contributed by atoms with Crippen molar-refractivity contribution in [2.45, 2.75) is 6.61 Å². The van der Waals surface area contributed by atoms with Crippen molar-refractivity contribution in [3.05, 3.63) is 24.4 Å². The third-order valence-electron chi connectivity index (χ3n) is 1.56. The summed E-state index contributed by atoms with van der Waals surface area (Å²) in [4.78, 5) is 0. The van der Waals surface area contributed by atoms with Gasteiger partial charge in [0.2, 0.25) is 0 Å². The van der Waals surface area contributed by atoms with Crippen LogP contribution in [-0.2, 0) is 0 Å². The minimum atomic E-state index is -2.78. The van der Waals surface area contributed by atoms with E-state index in [0.717, 1.165) is 16.9 Å². The molecule has 0 fully saturated rings. The van der Waals surface area contributed by atoms with E-state index in [1.54, 1.807) is 18.3 Å². The van der Waals surface area contributed by atoms with Crippen LogP contribution >= 0.6 is 11.5 Å². The molecule has 0 unspecified atom stereocenters. The Bertz CT molecular complexity index is 415. The van der Waals surface area contributed by atoms with E-state index in [-0.39, 0.29) is 5.75 Å². The van der Waals surface area contributed by atoms with Gasteiger partial charge in [-0.3, -0.25) is 0 Å². The maximum Gasteiger partial charge on any atom is 0.387 e. The zero-order valence-corrected chi connectivity index (χ0v) is 7.22. The summed E-state index contributed by atoms with van der Waals surface area (Å²) in [7, 11) is 0. The zero-order chi connectivity index (χ0) is 9.26. The summed E-state index contributed by atoms with van der Waals surface area (Å²) < 4.78 is 32.7. The first-order valence-corrected chi connectivity index (χ1v) is 4.33. The minimum absolute atomic E-state index is 0.190. The Morgan fingerprint density at radius 3 is 3.00 bits per heavy atom. The van der Waals surface area contributed by atoms with Crippen LogP contribution in [0.2, 0.25) is 0 Å². The van der Waals surface area contributed by atoms with E-state index in [4.69, 9.17) is 0 Å². The predicted molar refractivity (Wildman–Crippen MR) is 46.3 cm³/mol. The molecule has 68 valence electrons. The van der Waals surface area contributed by atoms with E-state index in [0.29, 0.717) is 4.70 Å². The Morgan fingerprint density at radius 2 is 2.23 bits per heavy atom. The van der Waals surface area contributed by atoms with Gasteiger partial charge in [-0.25, -0.2) is 0 Å². The molecule has 1 aromatic carbocycles. The fourth-order valence-electron chi connectivity index (χ4n) is 1.06. The number of fused-ring (bicyclic) bond motifs is 1. The van der Waals surface area contributed by atoms with Gasteiger partial charge < -0.3 is 4.74 Å². The number of nitrogens with zero attached hydrogens (tertiary/aromatic N) is 1. The van der Waals surface area contributed by atoms with E-state index >= 15 is 0 Å². The van der Waals surface area contributed by atoms with Gasteiger partial charge in [-0.1, -0.05) is 12.1 Å². The van der Waals surface area contributed by atoms with Crippen molar-refractivity contribution in [3.63, 3.8) is 0 Å². The van der Waals surface area contributed by atoms with Crippen LogP contribution in [0.15, 0.2) is 24.4 Å². The fourth-order valence-corrected chi connectivity index (χ4v) is 1.76. The van der Waals surface area contributed by atoms with Crippen molar-refractivity contribution in [3.8, 4) is 5.75 Å². The maximum absolute atomic E-state index is 11.9. The van der Waals surface area contributed by atoms with Gasteiger partial charge in [0.05, 0.1) is 4.70 Å². The molecular formula is C8H5F2NOS. The Morgan fingerprint density at radius 1 is 1.38 bits per heavy atom. The molecule has 0 aliphatic carbocycles. The molecule has 0 saturated carbocycles. The summed E-state index contributed by atoms with van der Waals surface area (Å²) in [5, 5.41) is 0.822. The molecule has 2 aromatic rings. The second kappa shape index (κ2) is 3.26. The number of rotatable bonds is 2. The average Bonchev–Trinajstić information content (AvgIpc) is 2.51. The van der Waals surface area contributed by atoms with Crippen LogP contribution < -0.4 is 4.74 Å². The first-order chi connectivity index (χ1) is 6.27. The molecule has 0 N–H and O–H groups in total. The SMILES string of the molecule is FC(F)Oc1cccc2cnsc12. The van der Waals surface area contributed by atoms with Gasteiger partial charge in [-0.2, -0.15) is 13.2 Å². The average molecular weight is 201 g/mol. The molecule has 2 rings (SSSR count). The fraction of sp³-hybridized carbons (Fsp3) is 0.125. The molecular weight excluding hydrogens is 196 g/mol. The number of ether oxygens (including phenoxy) is 1. The topological polar surface area (TPSA) is 22.1 Å². The molecule has 0 aliphatic rings. The Kier molecular flexibility index (Phi) is 2.10. The summed E-state index contributed by atoms with van der Waals surface area (Å²) in [5.74, 6) is 0.190. The molecule has 1 aromatic heterocycles. The Hall–Kier alpha value is -1.23. The lowest BCUT2D eigenvalue weighted by Crippen LogP contribution is -2.01. The van der Waals surface area contributed by atoms with Crippen LogP contribution in [0.25, 0.3) is 10.1 Å². The Labute approximate surface area is 76.9 Å². The van der Waals surface area contributed by atoms with E-state index in [1.165, 1.54) is 6.07 Å². The number of hydrogen-bond donors (Lipinski definition) is 0. The molecule has 0 spiro atoms. The lowest BCUT2D eigenvalue weighted by atomic mass is 10.3. The monoisotopic (exact) mass is 201 g/mol. The molecule has 1 heterocycles. The first kappa shape index (κ1) is 8.37. The van der Waals surface area contributed by atoms with E-state index in [9.17, 15) is 8.78 Å². The summed E-state index contributed by atoms with van der Waals surface area (Å²) in [6.45, 7) is -2.78. The van der Waals surface area contributed by atoms with Crippen LogP contribution in [0.1, 0.15) is 0 Å². The van der Waals surface area contributed by atoms with Crippen LogP contribution in [-0.4, -0.2) is 11.0 Å². The van der Waals surface area contributed by atoms with E-state index in [1.807, 2.05) is 0 Å². The predicted octanol–water partition coefficient (Wildman–Crippen LogP) is 2.90. The molecule has 13 heavy (non-hydrogen) atoms. The Balaban J connectivity index is 2.48. The van der Waals surface area contributed by atoms with Gasteiger partial charge in [-0.05, 0) is 17.6 Å². The molecule has 2 nitrogen and oxygen atoms in total. The van der Waals surface area contributed by atoms with Crippen LogP contribution in [0.5, 0.6) is 5.75 Å². The van der Waals surface area contributed by atoms with Crippen molar-refractivity contribution in [1.29, 1.82) is 0 Å². The van der Waals surface area contributed by atoms with Crippen molar-refractivity contribution in [1.82, 2.24) is 4.37 Å². The molecule has 0 aliphatic heterocycles. The summed E-state index contributed by atoms with van der Waals surface area (Å²) >= 11 is 1.15. The van der Waals surface area contributed by atoms with Gasteiger partial charge in [0.1, 0.15) is 5.75 Å². The molecule has 0 saturated heterocycles. The molecule has 0 bridgehead atoms. The van der Waals surface area contributed by atoms with E-state index in [2.05, 4.69) is 9.11 Å². The second-order valence-electron chi connectivity index (χ2n) is 2.38. The largest absolute Gasteiger partial charge is 0.433 e. The lowest BCUT2D eigenvalue weighted by molar-refractivity contribution is -0.0486. The van der Waals surface area contributed by atoms with E-state index < -0.39 is 6.61 Å². The third-order valence-corrected chi connectivity index (χ3v) is 2.39. The second-order valence-corrected chi connectivity index (χ2v) is 3.18. The van der Waals surface area contributed by atoms with Gasteiger partial charge in [0.25, 0.3) is 0 Å². The van der Waals surface area contributed by atoms with Crippen molar-refractivity contribution in [2.24, 2.45) is 0 Å². The number of benzene rings is 1. The number of alkyl halides is 2. The quantitative estimate of drug-likeness (QED) is 0.745. The third kappa shape index (κ3) is 1.60. The number of aromatic nitrogens is 1. The van der Waals surface area contributed by atoms with Gasteiger partial charge in [0, 0.05) is 11.6 Å². The molecule has 0 atom stereocenters. The molecule has 0 amide bonds.